The van der Waals surface area contributed by atoms with Crippen LogP contribution in [0.1, 0.15) is 45.6 Å². The highest BCUT2D eigenvalue weighted by Gasteiger charge is 2.26. The Kier molecular flexibility index (Phi) is 6.14. The smallest absolute Gasteiger partial charge is 0.410 e. The Balaban J connectivity index is 1.40. The number of carbonyl (C=O) groups is 1. The second kappa shape index (κ2) is 9.02. The number of carbonyl (C=O) groups excluding carboxylic acids is 1. The molecule has 8 heteroatoms. The summed E-state index contributed by atoms with van der Waals surface area (Å²) in [5.74, 6) is 7.72. The van der Waals surface area contributed by atoms with Gasteiger partial charge in [0.2, 0.25) is 5.78 Å². The van der Waals surface area contributed by atoms with Gasteiger partial charge in [0, 0.05) is 37.5 Å². The highest BCUT2D eigenvalue weighted by atomic mass is 16.6. The summed E-state index contributed by atoms with van der Waals surface area (Å²) in [7, 11) is 0. The van der Waals surface area contributed by atoms with E-state index in [2.05, 4.69) is 21.8 Å². The minimum absolute atomic E-state index is 0.159. The van der Waals surface area contributed by atoms with Crippen molar-refractivity contribution in [3.8, 4) is 28.8 Å². The van der Waals surface area contributed by atoms with Crippen LogP contribution >= 0.6 is 0 Å². The fourth-order valence-electron chi connectivity index (χ4n) is 3.79. The number of aromatic nitrogens is 3. The van der Waals surface area contributed by atoms with E-state index in [4.69, 9.17) is 10.5 Å². The SMILES string of the molecule is CC(C)(C)OC(=O)N1CCC(CC#Cc2cn3cc(-c4ccccc4O)nc3nc2N)CC1. The van der Waals surface area contributed by atoms with Crippen molar-refractivity contribution in [2.45, 2.75) is 45.6 Å². The van der Waals surface area contributed by atoms with Crippen molar-refractivity contribution in [2.24, 2.45) is 5.92 Å². The summed E-state index contributed by atoms with van der Waals surface area (Å²) in [5, 5.41) is 10.1. The average molecular weight is 448 g/mol. The Hall–Kier alpha value is -3.73. The van der Waals surface area contributed by atoms with Crippen LogP contribution in [0, 0.1) is 17.8 Å². The standard InChI is InChI=1S/C25H29N5O3/c1-25(2,3)33-24(32)29-13-11-17(12-14-29)7-6-8-18-15-30-16-20(27-23(30)28-22(18)26)19-9-4-5-10-21(19)31/h4-5,9-10,15-17,31H,7,11-14H2,1-3H3,(H2,26,27,28). The number of imidazole rings is 1. The molecular weight excluding hydrogens is 418 g/mol. The minimum Gasteiger partial charge on any atom is -0.507 e. The van der Waals surface area contributed by atoms with E-state index < -0.39 is 5.60 Å². The molecule has 172 valence electrons. The fourth-order valence-corrected chi connectivity index (χ4v) is 3.79. The van der Waals surface area contributed by atoms with Gasteiger partial charge < -0.3 is 20.5 Å². The molecule has 3 N–H and O–H groups in total. The molecule has 2 aromatic heterocycles. The number of phenols is 1. The first-order valence-electron chi connectivity index (χ1n) is 11.1. The number of piperidine rings is 1. The van der Waals surface area contributed by atoms with Crippen LogP contribution in [-0.4, -0.2) is 49.2 Å². The zero-order chi connectivity index (χ0) is 23.6. The lowest BCUT2D eigenvalue weighted by Crippen LogP contribution is -2.41. The number of anilines is 1. The quantitative estimate of drug-likeness (QED) is 0.574. The van der Waals surface area contributed by atoms with Gasteiger partial charge in [-0.05, 0) is 51.7 Å². The molecule has 0 radical (unpaired) electrons. The lowest BCUT2D eigenvalue weighted by Gasteiger charge is -2.32. The van der Waals surface area contributed by atoms with E-state index in [0.717, 1.165) is 19.3 Å². The third-order valence-corrected chi connectivity index (χ3v) is 5.54. The molecule has 1 aliphatic rings. The number of nitrogen functional groups attached to an aromatic ring is 1. The summed E-state index contributed by atoms with van der Waals surface area (Å²) in [4.78, 5) is 22.8. The van der Waals surface area contributed by atoms with Gasteiger partial charge in [-0.1, -0.05) is 24.0 Å². The Morgan fingerprint density at radius 1 is 1.21 bits per heavy atom. The number of hydrogen-bond donors (Lipinski definition) is 2. The molecule has 0 saturated carbocycles. The van der Waals surface area contributed by atoms with Crippen LogP contribution in [0.4, 0.5) is 10.6 Å². The van der Waals surface area contributed by atoms with Crippen LogP contribution in [0.2, 0.25) is 0 Å². The van der Waals surface area contributed by atoms with E-state index in [1.54, 1.807) is 33.7 Å². The molecule has 0 aliphatic carbocycles. The van der Waals surface area contributed by atoms with Crippen LogP contribution in [0.5, 0.6) is 5.75 Å². The number of benzene rings is 1. The van der Waals surface area contributed by atoms with Crippen molar-refractivity contribution >= 4 is 17.7 Å². The third kappa shape index (κ3) is 5.37. The first-order chi connectivity index (χ1) is 15.7. The summed E-state index contributed by atoms with van der Waals surface area (Å²) >= 11 is 0. The maximum Gasteiger partial charge on any atom is 0.410 e. The number of nitrogens with two attached hydrogens (primary N) is 1. The Morgan fingerprint density at radius 3 is 2.64 bits per heavy atom. The lowest BCUT2D eigenvalue weighted by atomic mass is 9.94. The van der Waals surface area contributed by atoms with Gasteiger partial charge >= 0.3 is 6.09 Å². The number of hydrogen-bond acceptors (Lipinski definition) is 6. The number of ether oxygens (including phenoxy) is 1. The number of rotatable bonds is 2. The van der Waals surface area contributed by atoms with Crippen LogP contribution in [0.15, 0.2) is 36.7 Å². The number of para-hydroxylation sites is 1. The monoisotopic (exact) mass is 447 g/mol. The molecule has 3 aromatic rings. The molecule has 1 aliphatic heterocycles. The van der Waals surface area contributed by atoms with E-state index in [0.29, 0.717) is 47.4 Å². The van der Waals surface area contributed by atoms with E-state index in [-0.39, 0.29) is 11.8 Å². The average Bonchev–Trinajstić information content (AvgIpc) is 3.16. The summed E-state index contributed by atoms with van der Waals surface area (Å²) < 4.78 is 7.22. The third-order valence-electron chi connectivity index (χ3n) is 5.54. The van der Waals surface area contributed by atoms with E-state index in [1.807, 2.05) is 33.0 Å². The molecule has 4 rings (SSSR count). The van der Waals surface area contributed by atoms with Crippen LogP contribution < -0.4 is 5.73 Å². The van der Waals surface area contributed by atoms with Crippen molar-refractivity contribution in [1.82, 2.24) is 19.3 Å². The maximum atomic E-state index is 12.2. The molecule has 1 aromatic carbocycles. The van der Waals surface area contributed by atoms with Crippen molar-refractivity contribution in [3.63, 3.8) is 0 Å². The van der Waals surface area contributed by atoms with E-state index in [1.165, 1.54) is 0 Å². The van der Waals surface area contributed by atoms with E-state index >= 15 is 0 Å². The van der Waals surface area contributed by atoms with Crippen molar-refractivity contribution < 1.29 is 14.6 Å². The van der Waals surface area contributed by atoms with Crippen molar-refractivity contribution in [1.29, 1.82) is 0 Å². The Labute approximate surface area is 193 Å². The number of phenolic OH excluding ortho intramolecular Hbond substituents is 1. The molecule has 8 nitrogen and oxygen atoms in total. The Morgan fingerprint density at radius 2 is 1.94 bits per heavy atom. The van der Waals surface area contributed by atoms with Crippen LogP contribution in [-0.2, 0) is 4.74 Å². The zero-order valence-corrected chi connectivity index (χ0v) is 19.2. The van der Waals surface area contributed by atoms with Gasteiger partial charge in [-0.2, -0.15) is 4.98 Å². The van der Waals surface area contributed by atoms with Crippen LogP contribution in [0.3, 0.4) is 0 Å². The first-order valence-corrected chi connectivity index (χ1v) is 11.1. The van der Waals surface area contributed by atoms with Gasteiger partial charge in [0.25, 0.3) is 0 Å². The van der Waals surface area contributed by atoms with Gasteiger partial charge in [0.05, 0.1) is 11.3 Å². The van der Waals surface area contributed by atoms with Gasteiger partial charge in [-0.3, -0.25) is 4.40 Å². The molecule has 0 bridgehead atoms. The fraction of sp³-hybridized carbons (Fsp3) is 0.400. The molecule has 3 heterocycles. The molecule has 0 atom stereocenters. The zero-order valence-electron chi connectivity index (χ0n) is 19.2. The number of aromatic hydroxyl groups is 1. The summed E-state index contributed by atoms with van der Waals surface area (Å²) in [6, 6.07) is 7.03. The highest BCUT2D eigenvalue weighted by Crippen LogP contribution is 2.28. The maximum absolute atomic E-state index is 12.2. The number of fused-ring (bicyclic) bond motifs is 1. The summed E-state index contributed by atoms with van der Waals surface area (Å²) in [6.07, 6.45) is 5.88. The second-order valence-corrected chi connectivity index (χ2v) is 9.31. The van der Waals surface area contributed by atoms with Gasteiger partial charge in [-0.25, -0.2) is 9.78 Å². The first kappa shape index (κ1) is 22.5. The molecule has 1 amide bonds. The van der Waals surface area contributed by atoms with E-state index in [9.17, 15) is 9.90 Å². The molecule has 33 heavy (non-hydrogen) atoms. The minimum atomic E-state index is -0.480. The van der Waals surface area contributed by atoms with Crippen LogP contribution in [0.25, 0.3) is 17.0 Å². The second-order valence-electron chi connectivity index (χ2n) is 9.31. The molecule has 0 unspecified atom stereocenters. The largest absolute Gasteiger partial charge is 0.507 e. The number of amides is 1. The predicted molar refractivity (Wildman–Crippen MR) is 127 cm³/mol. The van der Waals surface area contributed by atoms with Gasteiger partial charge in [0.15, 0.2) is 0 Å². The molecular formula is C25H29N5O3. The van der Waals surface area contributed by atoms with Crippen molar-refractivity contribution in [3.05, 3.63) is 42.2 Å². The van der Waals surface area contributed by atoms with Gasteiger partial charge in [0.1, 0.15) is 17.2 Å². The topological polar surface area (TPSA) is 106 Å². The molecule has 0 spiro atoms. The highest BCUT2D eigenvalue weighted by molar-refractivity contribution is 5.69. The van der Waals surface area contributed by atoms with Crippen molar-refractivity contribution in [2.75, 3.05) is 18.8 Å². The summed E-state index contributed by atoms with van der Waals surface area (Å²) in [5.41, 5.74) is 7.51. The van der Waals surface area contributed by atoms with Gasteiger partial charge in [-0.15, -0.1) is 0 Å². The normalized spacial score (nSPS) is 14.7. The molecule has 1 saturated heterocycles. The lowest BCUT2D eigenvalue weighted by molar-refractivity contribution is 0.0185. The molecule has 1 fully saturated rings. The Bertz CT molecular complexity index is 1220. The number of likely N-dealkylation sites (tertiary alicyclic amines) is 1. The number of nitrogens with zero attached hydrogens (tertiary/aromatic N) is 4. The predicted octanol–water partition coefficient (Wildman–Crippen LogP) is 4.07. The summed E-state index contributed by atoms with van der Waals surface area (Å²) in [6.45, 7) is 6.99.